The lowest BCUT2D eigenvalue weighted by Gasteiger charge is -2.18. The van der Waals surface area contributed by atoms with Crippen LogP contribution in [-0.4, -0.2) is 56.1 Å². The maximum absolute atomic E-state index is 13.7. The van der Waals surface area contributed by atoms with Gasteiger partial charge in [0.15, 0.2) is 17.5 Å². The minimum Gasteiger partial charge on any atom is -0.333 e. The Kier molecular flexibility index (Phi) is 8.77. The molecular formula is C22H24F3N3O4S. The minimum absolute atomic E-state index is 0.132. The smallest absolute Gasteiger partial charge is 0.246 e. The molecule has 0 aliphatic rings. The first-order valence-electron chi connectivity index (χ1n) is 9.98. The van der Waals surface area contributed by atoms with Crippen LogP contribution in [0.1, 0.15) is 19.4 Å². The van der Waals surface area contributed by atoms with Crippen LogP contribution >= 0.6 is 0 Å². The average molecular weight is 484 g/mol. The van der Waals surface area contributed by atoms with Crippen molar-refractivity contribution in [2.45, 2.75) is 18.7 Å². The van der Waals surface area contributed by atoms with Crippen molar-refractivity contribution in [2.75, 3.05) is 32.0 Å². The van der Waals surface area contributed by atoms with E-state index in [0.717, 1.165) is 11.0 Å². The molecule has 178 valence electrons. The van der Waals surface area contributed by atoms with Crippen LogP contribution in [-0.2, 0) is 19.6 Å². The van der Waals surface area contributed by atoms with Crippen molar-refractivity contribution in [3.05, 3.63) is 65.5 Å². The fourth-order valence-corrected chi connectivity index (χ4v) is 4.32. The zero-order valence-corrected chi connectivity index (χ0v) is 19.1. The van der Waals surface area contributed by atoms with E-state index in [4.69, 9.17) is 0 Å². The van der Waals surface area contributed by atoms with E-state index in [1.807, 2.05) is 0 Å². The van der Waals surface area contributed by atoms with Gasteiger partial charge in [0.2, 0.25) is 21.8 Å². The number of likely N-dealkylation sites (N-methyl/N-ethyl adjacent to an activating group) is 1. The van der Waals surface area contributed by atoms with Crippen LogP contribution in [0.3, 0.4) is 0 Å². The number of amides is 2. The predicted octanol–water partition coefficient (Wildman–Crippen LogP) is 3.24. The van der Waals surface area contributed by atoms with Crippen LogP contribution in [0.4, 0.5) is 18.9 Å². The summed E-state index contributed by atoms with van der Waals surface area (Å²) in [7, 11) is -2.26. The summed E-state index contributed by atoms with van der Waals surface area (Å²) < 4.78 is 66.2. The SMILES string of the molecule is CCN(CC)S(=O)(=O)c1ccc(/C=C/C(=O)N(C)CC(=O)Nc2ccc(F)c(F)c2F)cc1. The Hall–Kier alpha value is -3.18. The Morgan fingerprint density at radius 3 is 2.15 bits per heavy atom. The van der Waals surface area contributed by atoms with Crippen molar-refractivity contribution in [2.24, 2.45) is 0 Å². The lowest BCUT2D eigenvalue weighted by atomic mass is 10.2. The third-order valence-electron chi connectivity index (χ3n) is 4.71. The van der Waals surface area contributed by atoms with Gasteiger partial charge in [0, 0.05) is 26.2 Å². The summed E-state index contributed by atoms with van der Waals surface area (Å²) >= 11 is 0. The molecule has 0 fully saturated rings. The first-order chi connectivity index (χ1) is 15.5. The Balaban J connectivity index is 1.99. The molecule has 0 heterocycles. The van der Waals surface area contributed by atoms with Crippen molar-refractivity contribution >= 4 is 33.6 Å². The molecule has 11 heteroatoms. The van der Waals surface area contributed by atoms with Gasteiger partial charge in [-0.3, -0.25) is 9.59 Å². The number of hydrogen-bond donors (Lipinski definition) is 1. The van der Waals surface area contributed by atoms with Gasteiger partial charge in [-0.1, -0.05) is 26.0 Å². The second-order valence-electron chi connectivity index (χ2n) is 6.96. The van der Waals surface area contributed by atoms with E-state index < -0.39 is 51.5 Å². The topological polar surface area (TPSA) is 86.8 Å². The summed E-state index contributed by atoms with van der Waals surface area (Å²) in [5, 5.41) is 2.08. The number of benzene rings is 2. The summed E-state index contributed by atoms with van der Waals surface area (Å²) in [5.74, 6) is -6.01. The van der Waals surface area contributed by atoms with Crippen molar-refractivity contribution in [1.82, 2.24) is 9.21 Å². The molecule has 0 aliphatic carbocycles. The molecule has 0 saturated carbocycles. The second kappa shape index (κ2) is 11.1. The molecule has 0 radical (unpaired) electrons. The number of hydrogen-bond acceptors (Lipinski definition) is 4. The first-order valence-corrected chi connectivity index (χ1v) is 11.4. The van der Waals surface area contributed by atoms with Crippen molar-refractivity contribution in [3.8, 4) is 0 Å². The summed E-state index contributed by atoms with van der Waals surface area (Å²) in [4.78, 5) is 25.4. The molecule has 0 saturated heterocycles. The number of nitrogens with one attached hydrogen (secondary N) is 1. The molecule has 0 atom stereocenters. The van der Waals surface area contributed by atoms with E-state index in [9.17, 15) is 31.2 Å². The normalized spacial score (nSPS) is 11.7. The van der Waals surface area contributed by atoms with Crippen molar-refractivity contribution in [3.63, 3.8) is 0 Å². The maximum Gasteiger partial charge on any atom is 0.246 e. The maximum atomic E-state index is 13.7. The molecule has 0 aromatic heterocycles. The predicted molar refractivity (Wildman–Crippen MR) is 118 cm³/mol. The molecule has 2 aromatic carbocycles. The number of carbonyl (C=O) groups excluding carboxylic acids is 2. The van der Waals surface area contributed by atoms with E-state index in [1.54, 1.807) is 26.0 Å². The van der Waals surface area contributed by atoms with Gasteiger partial charge in [-0.15, -0.1) is 0 Å². The highest BCUT2D eigenvalue weighted by Crippen LogP contribution is 2.20. The van der Waals surface area contributed by atoms with Crippen LogP contribution in [0, 0.1) is 17.5 Å². The molecular weight excluding hydrogens is 459 g/mol. The van der Waals surface area contributed by atoms with E-state index >= 15 is 0 Å². The van der Waals surface area contributed by atoms with E-state index in [0.29, 0.717) is 24.7 Å². The third kappa shape index (κ3) is 6.42. The molecule has 7 nitrogen and oxygen atoms in total. The Labute approximate surface area is 190 Å². The Bertz CT molecular complexity index is 1150. The molecule has 0 unspecified atom stereocenters. The van der Waals surface area contributed by atoms with Crippen LogP contribution < -0.4 is 5.32 Å². The van der Waals surface area contributed by atoms with Crippen LogP contribution in [0.15, 0.2) is 47.4 Å². The minimum atomic E-state index is -3.59. The average Bonchev–Trinajstić information content (AvgIpc) is 2.78. The number of nitrogens with zero attached hydrogens (tertiary/aromatic N) is 2. The monoisotopic (exact) mass is 483 g/mol. The second-order valence-corrected chi connectivity index (χ2v) is 8.90. The van der Waals surface area contributed by atoms with E-state index in [-0.39, 0.29) is 4.90 Å². The van der Waals surface area contributed by atoms with Gasteiger partial charge in [0.25, 0.3) is 0 Å². The summed E-state index contributed by atoms with van der Waals surface area (Å²) in [6, 6.07) is 7.50. The number of rotatable bonds is 9. The number of halogens is 3. The number of anilines is 1. The van der Waals surface area contributed by atoms with Crippen LogP contribution in [0.25, 0.3) is 6.08 Å². The van der Waals surface area contributed by atoms with Gasteiger partial charge in [-0.2, -0.15) is 4.31 Å². The summed E-state index contributed by atoms with van der Waals surface area (Å²) in [6.07, 6.45) is 2.62. The fraction of sp³-hybridized carbons (Fsp3) is 0.273. The molecule has 0 bridgehead atoms. The molecule has 0 aliphatic heterocycles. The van der Waals surface area contributed by atoms with Crippen LogP contribution in [0.2, 0.25) is 0 Å². The van der Waals surface area contributed by atoms with Gasteiger partial charge in [-0.25, -0.2) is 21.6 Å². The first kappa shape index (κ1) is 26.1. The van der Waals surface area contributed by atoms with Crippen molar-refractivity contribution < 1.29 is 31.2 Å². The van der Waals surface area contributed by atoms with Gasteiger partial charge < -0.3 is 10.2 Å². The van der Waals surface area contributed by atoms with E-state index in [1.165, 1.54) is 35.6 Å². The molecule has 33 heavy (non-hydrogen) atoms. The largest absolute Gasteiger partial charge is 0.333 e. The molecule has 0 spiro atoms. The number of carbonyl (C=O) groups is 2. The van der Waals surface area contributed by atoms with Crippen LogP contribution in [0.5, 0.6) is 0 Å². The highest BCUT2D eigenvalue weighted by Gasteiger charge is 2.21. The zero-order valence-electron chi connectivity index (χ0n) is 18.3. The molecule has 2 amide bonds. The quantitative estimate of drug-likeness (QED) is 0.438. The Morgan fingerprint density at radius 2 is 1.58 bits per heavy atom. The highest BCUT2D eigenvalue weighted by molar-refractivity contribution is 7.89. The van der Waals surface area contributed by atoms with Gasteiger partial charge in [0.05, 0.1) is 17.1 Å². The molecule has 2 aromatic rings. The standard InChI is InChI=1S/C22H24F3N3O4S/c1-4-28(5-2)33(31,32)16-9-6-15(7-10-16)8-13-20(30)27(3)14-19(29)26-18-12-11-17(23)21(24)22(18)25/h6-13H,4-5,14H2,1-3H3,(H,26,29)/b13-8+. The Morgan fingerprint density at radius 1 is 0.970 bits per heavy atom. The summed E-state index contributed by atoms with van der Waals surface area (Å²) in [5.41, 5.74) is 0.0126. The van der Waals surface area contributed by atoms with E-state index in [2.05, 4.69) is 5.32 Å². The zero-order chi connectivity index (χ0) is 24.8. The number of sulfonamides is 1. The summed E-state index contributed by atoms with van der Waals surface area (Å²) in [6.45, 7) is 3.71. The molecule has 2 rings (SSSR count). The lowest BCUT2D eigenvalue weighted by Crippen LogP contribution is -2.34. The van der Waals surface area contributed by atoms with Gasteiger partial charge in [0.1, 0.15) is 0 Å². The fourth-order valence-electron chi connectivity index (χ4n) is 2.86. The molecule has 1 N–H and O–H groups in total. The van der Waals surface area contributed by atoms with Crippen molar-refractivity contribution in [1.29, 1.82) is 0 Å². The van der Waals surface area contributed by atoms with Gasteiger partial charge in [-0.05, 0) is 35.9 Å². The lowest BCUT2D eigenvalue weighted by molar-refractivity contribution is -0.129. The third-order valence-corrected chi connectivity index (χ3v) is 6.77. The highest BCUT2D eigenvalue weighted by atomic mass is 32.2. The van der Waals surface area contributed by atoms with Gasteiger partial charge >= 0.3 is 0 Å².